The number of nitrogens with zero attached hydrogens (tertiary/aromatic N) is 3. The van der Waals surface area contributed by atoms with Crippen molar-refractivity contribution in [1.29, 1.82) is 0 Å². The summed E-state index contributed by atoms with van der Waals surface area (Å²) in [5, 5.41) is 7.83. The molecular formula is C16H15N3O3S. The molecule has 1 atom stereocenters. The number of thiol groups is 1. The van der Waals surface area contributed by atoms with Gasteiger partial charge in [0.2, 0.25) is 11.8 Å². The van der Waals surface area contributed by atoms with Crippen LogP contribution in [0.5, 0.6) is 11.5 Å². The van der Waals surface area contributed by atoms with Crippen molar-refractivity contribution in [3.05, 3.63) is 54.2 Å². The van der Waals surface area contributed by atoms with Gasteiger partial charge in [-0.15, -0.1) is 10.2 Å². The fraction of sp³-hybridized carbons (Fsp3) is 0.188. The smallest absolute Gasteiger partial charge is 0.248 e. The molecule has 0 aliphatic carbocycles. The van der Waals surface area contributed by atoms with Gasteiger partial charge in [-0.2, -0.15) is 12.6 Å². The summed E-state index contributed by atoms with van der Waals surface area (Å²) in [7, 11) is 3.17. The maximum absolute atomic E-state index is 5.75. The molecule has 2 aromatic heterocycles. The number of benzene rings is 1. The minimum absolute atomic E-state index is 0.336. The van der Waals surface area contributed by atoms with Gasteiger partial charge in [-0.05, 0) is 23.8 Å². The standard InChI is InChI=1S/C16H15N3O3S/c1-20-12-6-11(7-13(8-12)21-2)15-18-19-16(22-15)14(23)10-4-3-5-17-9-10/h3-9,14,23H,1-2H3. The third-order valence-electron chi connectivity index (χ3n) is 3.27. The number of rotatable bonds is 5. The number of methoxy groups -OCH3 is 2. The summed E-state index contributed by atoms with van der Waals surface area (Å²) in [4.78, 5) is 4.07. The van der Waals surface area contributed by atoms with Gasteiger partial charge < -0.3 is 13.9 Å². The van der Waals surface area contributed by atoms with E-state index < -0.39 is 0 Å². The fourth-order valence-electron chi connectivity index (χ4n) is 2.07. The van der Waals surface area contributed by atoms with E-state index in [1.165, 1.54) is 0 Å². The van der Waals surface area contributed by atoms with Crippen LogP contribution in [-0.4, -0.2) is 29.4 Å². The second kappa shape index (κ2) is 6.70. The number of ether oxygens (including phenoxy) is 2. The van der Waals surface area contributed by atoms with E-state index in [4.69, 9.17) is 13.9 Å². The summed E-state index contributed by atoms with van der Waals surface area (Å²) in [6.45, 7) is 0. The highest BCUT2D eigenvalue weighted by atomic mass is 32.1. The highest BCUT2D eigenvalue weighted by Crippen LogP contribution is 2.32. The molecule has 0 fully saturated rings. The molecule has 3 rings (SSSR count). The molecular weight excluding hydrogens is 314 g/mol. The Morgan fingerprint density at radius 1 is 1.09 bits per heavy atom. The fourth-order valence-corrected chi connectivity index (χ4v) is 2.33. The van der Waals surface area contributed by atoms with E-state index in [1.54, 1.807) is 44.8 Å². The van der Waals surface area contributed by atoms with Gasteiger partial charge in [0, 0.05) is 24.0 Å². The molecule has 0 saturated carbocycles. The summed E-state index contributed by atoms with van der Waals surface area (Å²) in [6.07, 6.45) is 3.42. The quantitative estimate of drug-likeness (QED) is 0.725. The predicted molar refractivity (Wildman–Crippen MR) is 87.9 cm³/mol. The summed E-state index contributed by atoms with van der Waals surface area (Å²) < 4.78 is 16.2. The lowest BCUT2D eigenvalue weighted by Crippen LogP contribution is -1.94. The minimum atomic E-state index is -0.336. The summed E-state index contributed by atoms with van der Waals surface area (Å²) in [5.74, 6) is 2.07. The first kappa shape index (κ1) is 15.4. The molecule has 0 bridgehead atoms. The van der Waals surface area contributed by atoms with Crippen molar-refractivity contribution in [2.45, 2.75) is 5.25 Å². The molecule has 7 heteroatoms. The van der Waals surface area contributed by atoms with Crippen LogP contribution in [0.1, 0.15) is 16.7 Å². The lowest BCUT2D eigenvalue weighted by molar-refractivity contribution is 0.394. The van der Waals surface area contributed by atoms with Crippen LogP contribution in [0.3, 0.4) is 0 Å². The van der Waals surface area contributed by atoms with E-state index in [1.807, 2.05) is 12.1 Å². The maximum atomic E-state index is 5.75. The van der Waals surface area contributed by atoms with Crippen molar-refractivity contribution >= 4 is 12.6 Å². The van der Waals surface area contributed by atoms with Gasteiger partial charge in [-0.1, -0.05) is 6.07 Å². The van der Waals surface area contributed by atoms with Crippen molar-refractivity contribution in [2.24, 2.45) is 0 Å². The Morgan fingerprint density at radius 3 is 2.43 bits per heavy atom. The van der Waals surface area contributed by atoms with Crippen LogP contribution in [0.25, 0.3) is 11.5 Å². The van der Waals surface area contributed by atoms with E-state index in [0.717, 1.165) is 5.56 Å². The zero-order valence-corrected chi connectivity index (χ0v) is 13.5. The highest BCUT2D eigenvalue weighted by molar-refractivity contribution is 7.80. The van der Waals surface area contributed by atoms with Crippen LogP contribution in [0.4, 0.5) is 0 Å². The van der Waals surface area contributed by atoms with Crippen LogP contribution in [0, 0.1) is 0 Å². The van der Waals surface area contributed by atoms with Crippen molar-refractivity contribution in [3.63, 3.8) is 0 Å². The Labute approximate surface area is 138 Å². The molecule has 0 spiro atoms. The van der Waals surface area contributed by atoms with Gasteiger partial charge in [-0.3, -0.25) is 4.98 Å². The summed E-state index contributed by atoms with van der Waals surface area (Å²) in [6, 6.07) is 9.12. The van der Waals surface area contributed by atoms with Crippen molar-refractivity contribution < 1.29 is 13.9 Å². The van der Waals surface area contributed by atoms with E-state index in [0.29, 0.717) is 28.8 Å². The zero-order valence-electron chi connectivity index (χ0n) is 12.6. The van der Waals surface area contributed by atoms with Crippen LogP contribution in [0.15, 0.2) is 47.1 Å². The normalized spacial score (nSPS) is 12.0. The second-order valence-corrected chi connectivity index (χ2v) is 5.25. The first-order chi connectivity index (χ1) is 11.2. The number of aromatic nitrogens is 3. The first-order valence-corrected chi connectivity index (χ1v) is 7.37. The van der Waals surface area contributed by atoms with Crippen molar-refractivity contribution in [3.8, 4) is 23.0 Å². The molecule has 0 aliphatic rings. The molecule has 6 nitrogen and oxygen atoms in total. The average Bonchev–Trinajstić information content (AvgIpc) is 3.11. The Bertz CT molecular complexity index is 770. The Kier molecular flexibility index (Phi) is 4.47. The van der Waals surface area contributed by atoms with Crippen LogP contribution in [0.2, 0.25) is 0 Å². The number of pyridine rings is 1. The van der Waals surface area contributed by atoms with Gasteiger partial charge in [-0.25, -0.2) is 0 Å². The van der Waals surface area contributed by atoms with Gasteiger partial charge in [0.25, 0.3) is 0 Å². The predicted octanol–water partition coefficient (Wildman–Crippen LogP) is 3.17. The Balaban J connectivity index is 1.93. The zero-order chi connectivity index (χ0) is 16.2. The van der Waals surface area contributed by atoms with Gasteiger partial charge in [0.15, 0.2) is 0 Å². The van der Waals surface area contributed by atoms with Crippen LogP contribution in [-0.2, 0) is 0 Å². The molecule has 2 heterocycles. The van der Waals surface area contributed by atoms with Crippen LogP contribution >= 0.6 is 12.6 Å². The molecule has 0 amide bonds. The first-order valence-electron chi connectivity index (χ1n) is 6.86. The van der Waals surface area contributed by atoms with Crippen molar-refractivity contribution in [2.75, 3.05) is 14.2 Å². The van der Waals surface area contributed by atoms with Crippen LogP contribution < -0.4 is 9.47 Å². The molecule has 1 aromatic carbocycles. The highest BCUT2D eigenvalue weighted by Gasteiger charge is 2.18. The topological polar surface area (TPSA) is 70.3 Å². The average molecular weight is 329 g/mol. The lowest BCUT2D eigenvalue weighted by Gasteiger charge is -2.06. The third-order valence-corrected chi connectivity index (χ3v) is 3.79. The summed E-state index contributed by atoms with van der Waals surface area (Å²) in [5.41, 5.74) is 1.60. The lowest BCUT2D eigenvalue weighted by atomic mass is 10.2. The van der Waals surface area contributed by atoms with E-state index in [-0.39, 0.29) is 5.25 Å². The van der Waals surface area contributed by atoms with E-state index in [2.05, 4.69) is 27.8 Å². The third kappa shape index (κ3) is 3.29. The molecule has 1 unspecified atom stereocenters. The molecule has 0 saturated heterocycles. The largest absolute Gasteiger partial charge is 0.497 e. The van der Waals surface area contributed by atoms with E-state index >= 15 is 0 Å². The molecule has 118 valence electrons. The maximum Gasteiger partial charge on any atom is 0.248 e. The molecule has 3 aromatic rings. The van der Waals surface area contributed by atoms with E-state index in [9.17, 15) is 0 Å². The molecule has 0 N–H and O–H groups in total. The molecule has 0 aliphatic heterocycles. The summed E-state index contributed by atoms with van der Waals surface area (Å²) >= 11 is 4.53. The second-order valence-electron chi connectivity index (χ2n) is 4.74. The Morgan fingerprint density at radius 2 is 1.83 bits per heavy atom. The van der Waals surface area contributed by atoms with Crippen molar-refractivity contribution in [1.82, 2.24) is 15.2 Å². The Hall–Kier alpha value is -2.54. The van der Waals surface area contributed by atoms with Gasteiger partial charge in [0.05, 0.1) is 14.2 Å². The molecule has 23 heavy (non-hydrogen) atoms. The molecule has 0 radical (unpaired) electrons. The SMILES string of the molecule is COc1cc(OC)cc(-c2nnc(C(S)c3cccnc3)o2)c1. The number of hydrogen-bond acceptors (Lipinski definition) is 7. The van der Waals surface area contributed by atoms with Gasteiger partial charge in [0.1, 0.15) is 16.7 Å². The van der Waals surface area contributed by atoms with Gasteiger partial charge >= 0.3 is 0 Å². The minimum Gasteiger partial charge on any atom is -0.497 e. The monoisotopic (exact) mass is 329 g/mol. The number of hydrogen-bond donors (Lipinski definition) is 1.